The number of aromatic nitrogens is 1. The van der Waals surface area contributed by atoms with Crippen molar-refractivity contribution in [2.24, 2.45) is 0 Å². The van der Waals surface area contributed by atoms with Gasteiger partial charge in [-0.05, 0) is 0 Å². The fourth-order valence-corrected chi connectivity index (χ4v) is 0.710. The van der Waals surface area contributed by atoms with Gasteiger partial charge in [-0.1, -0.05) is 0 Å². The van der Waals surface area contributed by atoms with Gasteiger partial charge >= 0.3 is 6.61 Å². The lowest BCUT2D eigenvalue weighted by Gasteiger charge is -2.05. The van der Waals surface area contributed by atoms with Gasteiger partial charge in [0.25, 0.3) is 0 Å². The Morgan fingerprint density at radius 3 is 2.77 bits per heavy atom. The second-order valence-electron chi connectivity index (χ2n) is 2.04. The average molecular weight is 191 g/mol. The number of aldehydes is 1. The molecule has 1 rings (SSSR count). The second-order valence-corrected chi connectivity index (χ2v) is 2.04. The normalized spacial score (nSPS) is 10.2. The molecule has 0 saturated carbocycles. The van der Waals surface area contributed by atoms with Gasteiger partial charge in [0, 0.05) is 12.3 Å². The maximum Gasteiger partial charge on any atom is 0.387 e. The van der Waals surface area contributed by atoms with Gasteiger partial charge in [-0.3, -0.25) is 4.79 Å². The molecular formula is C7H4F3NO2. The molecule has 0 aromatic carbocycles. The van der Waals surface area contributed by atoms with Crippen molar-refractivity contribution in [3.63, 3.8) is 0 Å². The van der Waals surface area contributed by atoms with E-state index >= 15 is 0 Å². The number of hydrogen-bond acceptors (Lipinski definition) is 3. The maximum atomic E-state index is 12.4. The van der Waals surface area contributed by atoms with Crippen molar-refractivity contribution < 1.29 is 22.7 Å². The highest BCUT2D eigenvalue weighted by Gasteiger charge is 2.10. The number of hydrogen-bond donors (Lipinski definition) is 0. The van der Waals surface area contributed by atoms with Crippen LogP contribution in [0.3, 0.4) is 0 Å². The predicted octanol–water partition coefficient (Wildman–Crippen LogP) is 1.63. The number of carbonyl (C=O) groups excluding carboxylic acids is 1. The minimum absolute atomic E-state index is 0.221. The van der Waals surface area contributed by atoms with Gasteiger partial charge in [-0.2, -0.15) is 13.2 Å². The van der Waals surface area contributed by atoms with Crippen molar-refractivity contribution in [1.29, 1.82) is 0 Å². The molecule has 0 amide bonds. The minimum atomic E-state index is -3.10. The molecule has 1 aromatic heterocycles. The van der Waals surface area contributed by atoms with E-state index in [1.165, 1.54) is 0 Å². The summed E-state index contributed by atoms with van der Waals surface area (Å²) in [6.45, 7) is -3.10. The van der Waals surface area contributed by atoms with Crippen molar-refractivity contribution in [3.05, 3.63) is 23.8 Å². The van der Waals surface area contributed by atoms with Crippen LogP contribution in [0.1, 0.15) is 10.4 Å². The Kier molecular flexibility index (Phi) is 2.84. The van der Waals surface area contributed by atoms with E-state index in [1.807, 2.05) is 0 Å². The Balaban J connectivity index is 3.01. The molecule has 70 valence electrons. The highest BCUT2D eigenvalue weighted by atomic mass is 19.3. The molecule has 1 aromatic rings. The summed E-state index contributed by atoms with van der Waals surface area (Å²) in [7, 11) is 0. The predicted molar refractivity (Wildman–Crippen MR) is 36.2 cm³/mol. The third-order valence-electron chi connectivity index (χ3n) is 1.20. The molecule has 3 nitrogen and oxygen atoms in total. The molecular weight excluding hydrogens is 187 g/mol. The topological polar surface area (TPSA) is 39.2 Å². The molecule has 0 spiro atoms. The molecule has 0 atom stereocenters. The molecule has 0 bridgehead atoms. The third kappa shape index (κ3) is 2.43. The van der Waals surface area contributed by atoms with Crippen LogP contribution in [0.5, 0.6) is 5.75 Å². The summed E-state index contributed by atoms with van der Waals surface area (Å²) in [5.41, 5.74) is -0.221. The number of alkyl halides is 2. The van der Waals surface area contributed by atoms with Crippen LogP contribution in [0, 0.1) is 5.95 Å². The van der Waals surface area contributed by atoms with E-state index in [2.05, 4.69) is 9.72 Å². The average Bonchev–Trinajstić information content (AvgIpc) is 2.03. The number of halogens is 3. The van der Waals surface area contributed by atoms with Crippen LogP contribution in [0.15, 0.2) is 12.3 Å². The molecule has 0 aliphatic heterocycles. The molecule has 0 radical (unpaired) electrons. The van der Waals surface area contributed by atoms with Gasteiger partial charge in [0.15, 0.2) is 6.29 Å². The van der Waals surface area contributed by atoms with E-state index in [1.54, 1.807) is 0 Å². The van der Waals surface area contributed by atoms with E-state index in [-0.39, 0.29) is 11.8 Å². The standard InChI is InChI=1S/C7H4F3NO2/c8-6-1-5(13-7(9)10)4(3-12)2-11-6/h1-3,7H. The second kappa shape index (κ2) is 3.88. The largest absolute Gasteiger partial charge is 0.434 e. The fraction of sp³-hybridized carbons (Fsp3) is 0.143. The van der Waals surface area contributed by atoms with Crippen molar-refractivity contribution in [2.45, 2.75) is 6.61 Å². The van der Waals surface area contributed by atoms with Crippen molar-refractivity contribution in [2.75, 3.05) is 0 Å². The zero-order chi connectivity index (χ0) is 9.84. The van der Waals surface area contributed by atoms with Gasteiger partial charge in [0.2, 0.25) is 5.95 Å². The molecule has 6 heteroatoms. The molecule has 0 N–H and O–H groups in total. The summed E-state index contributed by atoms with van der Waals surface area (Å²) in [5.74, 6) is -1.50. The lowest BCUT2D eigenvalue weighted by molar-refractivity contribution is -0.0502. The Labute approximate surface area is 71.2 Å². The van der Waals surface area contributed by atoms with Gasteiger partial charge in [-0.15, -0.1) is 0 Å². The highest BCUT2D eigenvalue weighted by molar-refractivity contribution is 5.78. The van der Waals surface area contributed by atoms with E-state index in [0.717, 1.165) is 6.20 Å². The van der Waals surface area contributed by atoms with Gasteiger partial charge in [-0.25, -0.2) is 4.98 Å². The summed E-state index contributed by atoms with van der Waals surface area (Å²) in [6, 6.07) is 0.621. The first-order valence-corrected chi connectivity index (χ1v) is 3.19. The van der Waals surface area contributed by atoms with Crippen LogP contribution in [0.25, 0.3) is 0 Å². The van der Waals surface area contributed by atoms with E-state index in [9.17, 15) is 18.0 Å². The minimum Gasteiger partial charge on any atom is -0.434 e. The van der Waals surface area contributed by atoms with E-state index < -0.39 is 18.3 Å². The lowest BCUT2D eigenvalue weighted by atomic mass is 10.3. The molecule has 0 saturated heterocycles. The first kappa shape index (κ1) is 9.50. The van der Waals surface area contributed by atoms with Crippen LogP contribution in [0.2, 0.25) is 0 Å². The summed E-state index contributed by atoms with van der Waals surface area (Å²) >= 11 is 0. The summed E-state index contributed by atoms with van der Waals surface area (Å²) < 4.78 is 39.6. The zero-order valence-electron chi connectivity index (χ0n) is 6.21. The summed E-state index contributed by atoms with van der Waals surface area (Å²) in [5, 5.41) is 0. The van der Waals surface area contributed by atoms with E-state index in [0.29, 0.717) is 6.07 Å². The smallest absolute Gasteiger partial charge is 0.387 e. The van der Waals surface area contributed by atoms with Crippen LogP contribution in [-0.2, 0) is 0 Å². The van der Waals surface area contributed by atoms with Gasteiger partial charge in [0.05, 0.1) is 5.56 Å². The zero-order valence-corrected chi connectivity index (χ0v) is 6.21. The van der Waals surface area contributed by atoms with Gasteiger partial charge in [0.1, 0.15) is 5.75 Å². The first-order valence-electron chi connectivity index (χ1n) is 3.19. The molecule has 0 aliphatic carbocycles. The maximum absolute atomic E-state index is 12.4. The molecule has 0 aliphatic rings. The molecule has 0 fully saturated rings. The van der Waals surface area contributed by atoms with Crippen molar-refractivity contribution >= 4 is 6.29 Å². The number of ether oxygens (including phenoxy) is 1. The number of carbonyl (C=O) groups is 1. The van der Waals surface area contributed by atoms with E-state index in [4.69, 9.17) is 0 Å². The number of rotatable bonds is 3. The van der Waals surface area contributed by atoms with Crippen LogP contribution < -0.4 is 4.74 Å². The van der Waals surface area contributed by atoms with Gasteiger partial charge < -0.3 is 4.74 Å². The van der Waals surface area contributed by atoms with Crippen LogP contribution in [0.4, 0.5) is 13.2 Å². The Morgan fingerprint density at radius 1 is 1.54 bits per heavy atom. The monoisotopic (exact) mass is 191 g/mol. The highest BCUT2D eigenvalue weighted by Crippen LogP contribution is 2.18. The third-order valence-corrected chi connectivity index (χ3v) is 1.20. The van der Waals surface area contributed by atoms with Crippen LogP contribution >= 0.6 is 0 Å². The quantitative estimate of drug-likeness (QED) is 0.538. The Hall–Kier alpha value is -1.59. The summed E-state index contributed by atoms with van der Waals surface area (Å²) in [4.78, 5) is 13.3. The molecule has 1 heterocycles. The molecule has 0 unspecified atom stereocenters. The summed E-state index contributed by atoms with van der Waals surface area (Å²) in [6.07, 6.45) is 1.07. The van der Waals surface area contributed by atoms with Crippen molar-refractivity contribution in [1.82, 2.24) is 4.98 Å². The number of pyridine rings is 1. The lowest BCUT2D eigenvalue weighted by Crippen LogP contribution is -2.05. The Bertz CT molecular complexity index is 317. The fourth-order valence-electron chi connectivity index (χ4n) is 0.710. The first-order chi connectivity index (χ1) is 6.13. The van der Waals surface area contributed by atoms with Crippen LogP contribution in [-0.4, -0.2) is 17.9 Å². The number of nitrogens with zero attached hydrogens (tertiary/aromatic N) is 1. The SMILES string of the molecule is O=Cc1cnc(F)cc1OC(F)F. The van der Waals surface area contributed by atoms with Crippen molar-refractivity contribution in [3.8, 4) is 5.75 Å². The Morgan fingerprint density at radius 2 is 2.23 bits per heavy atom. The molecule has 13 heavy (non-hydrogen) atoms.